The number of carbonyl (C=O) groups is 1. The monoisotopic (exact) mass is 459 g/mol. The van der Waals surface area contributed by atoms with Crippen molar-refractivity contribution in [2.45, 2.75) is 38.8 Å². The lowest BCUT2D eigenvalue weighted by molar-refractivity contribution is 0.193. The van der Waals surface area contributed by atoms with Crippen molar-refractivity contribution in [1.82, 2.24) is 15.2 Å². The number of nitrogens with one attached hydrogen (secondary N) is 2. The maximum absolute atomic E-state index is 13.0. The Morgan fingerprint density at radius 1 is 0.824 bits per heavy atom. The minimum atomic E-state index is -0.0163. The lowest BCUT2D eigenvalue weighted by Crippen LogP contribution is -2.39. The molecule has 0 spiro atoms. The zero-order valence-corrected chi connectivity index (χ0v) is 20.4. The van der Waals surface area contributed by atoms with Gasteiger partial charge in [-0.05, 0) is 48.2 Å². The Hall–Kier alpha value is -3.54. The highest BCUT2D eigenvalue weighted by Gasteiger charge is 2.14. The predicted octanol–water partition coefficient (Wildman–Crippen LogP) is 5.53. The highest BCUT2D eigenvalue weighted by atomic mass is 16.2. The van der Waals surface area contributed by atoms with Crippen LogP contribution in [0.3, 0.4) is 0 Å². The van der Waals surface area contributed by atoms with E-state index in [4.69, 9.17) is 0 Å². The fourth-order valence-electron chi connectivity index (χ4n) is 3.72. The van der Waals surface area contributed by atoms with Gasteiger partial charge < -0.3 is 20.4 Å². The van der Waals surface area contributed by atoms with E-state index in [0.717, 1.165) is 61.4 Å². The number of amides is 2. The van der Waals surface area contributed by atoms with Crippen LogP contribution < -0.4 is 15.5 Å². The van der Waals surface area contributed by atoms with E-state index < -0.39 is 0 Å². The van der Waals surface area contributed by atoms with Crippen molar-refractivity contribution < 1.29 is 4.79 Å². The molecule has 2 amide bonds. The third-order valence-electron chi connectivity index (χ3n) is 5.73. The number of hydrogen-bond acceptors (Lipinski definition) is 4. The van der Waals surface area contributed by atoms with Crippen LogP contribution in [-0.4, -0.2) is 43.1 Å². The second kappa shape index (κ2) is 13.9. The van der Waals surface area contributed by atoms with Crippen molar-refractivity contribution >= 4 is 17.5 Å². The second-order valence-electron chi connectivity index (χ2n) is 8.68. The molecule has 180 valence electrons. The van der Waals surface area contributed by atoms with Crippen LogP contribution in [0.4, 0.5) is 16.3 Å². The van der Waals surface area contributed by atoms with E-state index in [1.54, 1.807) is 6.20 Å². The van der Waals surface area contributed by atoms with Crippen LogP contribution in [0.2, 0.25) is 0 Å². The van der Waals surface area contributed by atoms with E-state index in [2.05, 4.69) is 44.8 Å². The Balaban J connectivity index is 1.46. The molecule has 0 aliphatic heterocycles. The quantitative estimate of drug-likeness (QED) is 0.330. The predicted molar refractivity (Wildman–Crippen MR) is 141 cm³/mol. The van der Waals surface area contributed by atoms with Crippen molar-refractivity contribution in [3.63, 3.8) is 0 Å². The van der Waals surface area contributed by atoms with Crippen LogP contribution in [-0.2, 0) is 13.1 Å². The molecular formula is C28H37N5O. The van der Waals surface area contributed by atoms with Gasteiger partial charge in [-0.15, -0.1) is 0 Å². The van der Waals surface area contributed by atoms with Crippen LogP contribution in [0.25, 0.3) is 0 Å². The van der Waals surface area contributed by atoms with E-state index in [1.807, 2.05) is 67.5 Å². The smallest absolute Gasteiger partial charge is 0.317 e. The summed E-state index contributed by atoms with van der Waals surface area (Å²) < 4.78 is 0. The normalized spacial score (nSPS) is 10.5. The lowest BCUT2D eigenvalue weighted by atomic mass is 10.1. The van der Waals surface area contributed by atoms with Gasteiger partial charge in [0.2, 0.25) is 0 Å². The van der Waals surface area contributed by atoms with Crippen molar-refractivity contribution in [3.8, 4) is 0 Å². The Bertz CT molecular complexity index is 961. The first-order valence-corrected chi connectivity index (χ1v) is 12.1. The van der Waals surface area contributed by atoms with Gasteiger partial charge in [-0.3, -0.25) is 0 Å². The average molecular weight is 460 g/mol. The number of unbranched alkanes of at least 4 members (excludes halogenated alkanes) is 3. The standard InChI is InChI=1S/C28H37N5O/c1-32(2)26-17-15-25(16-18-26)23-33(28(34)31-22-24-12-6-5-7-13-24)21-11-4-3-9-19-29-27-14-8-10-20-30-27/h5-8,10,12-18,20H,3-4,9,11,19,21-23H2,1-2H3,(H,29,30)(H,31,34). The van der Waals surface area contributed by atoms with E-state index >= 15 is 0 Å². The van der Waals surface area contributed by atoms with Crippen LogP contribution in [0.15, 0.2) is 79.0 Å². The van der Waals surface area contributed by atoms with Crippen molar-refractivity contribution in [1.29, 1.82) is 0 Å². The first kappa shape index (κ1) is 25.1. The molecule has 6 heteroatoms. The summed E-state index contributed by atoms with van der Waals surface area (Å²) in [5.41, 5.74) is 3.40. The molecule has 6 nitrogen and oxygen atoms in total. The van der Waals surface area contributed by atoms with Gasteiger partial charge >= 0.3 is 6.03 Å². The average Bonchev–Trinajstić information content (AvgIpc) is 2.87. The molecule has 0 radical (unpaired) electrons. The zero-order valence-electron chi connectivity index (χ0n) is 20.4. The minimum absolute atomic E-state index is 0.0163. The summed E-state index contributed by atoms with van der Waals surface area (Å²) >= 11 is 0. The molecule has 0 fully saturated rings. The molecule has 2 N–H and O–H groups in total. The summed E-state index contributed by atoms with van der Waals surface area (Å²) in [5.74, 6) is 0.920. The van der Waals surface area contributed by atoms with Gasteiger partial charge in [0.05, 0.1) is 0 Å². The van der Waals surface area contributed by atoms with Gasteiger partial charge in [0.15, 0.2) is 0 Å². The van der Waals surface area contributed by atoms with Gasteiger partial charge in [-0.25, -0.2) is 9.78 Å². The summed E-state index contributed by atoms with van der Waals surface area (Å²) in [4.78, 5) is 21.3. The first-order valence-electron chi connectivity index (χ1n) is 12.1. The van der Waals surface area contributed by atoms with Gasteiger partial charge in [0.25, 0.3) is 0 Å². The van der Waals surface area contributed by atoms with Gasteiger partial charge in [0.1, 0.15) is 5.82 Å². The molecule has 0 aliphatic rings. The van der Waals surface area contributed by atoms with Crippen molar-refractivity contribution in [2.24, 2.45) is 0 Å². The summed E-state index contributed by atoms with van der Waals surface area (Å²) in [6.45, 7) is 2.80. The minimum Gasteiger partial charge on any atom is -0.378 e. The fourth-order valence-corrected chi connectivity index (χ4v) is 3.72. The van der Waals surface area contributed by atoms with Crippen LogP contribution in [0.1, 0.15) is 36.8 Å². The highest BCUT2D eigenvalue weighted by Crippen LogP contribution is 2.15. The molecule has 0 aliphatic carbocycles. The van der Waals surface area contributed by atoms with Crippen molar-refractivity contribution in [3.05, 3.63) is 90.1 Å². The molecule has 0 saturated heterocycles. The molecular weight excluding hydrogens is 422 g/mol. The topological polar surface area (TPSA) is 60.5 Å². The Labute approximate surface area is 204 Å². The van der Waals surface area contributed by atoms with E-state index in [1.165, 1.54) is 0 Å². The third kappa shape index (κ3) is 8.77. The molecule has 3 rings (SSSR count). The number of rotatable bonds is 13. The number of aromatic nitrogens is 1. The first-order chi connectivity index (χ1) is 16.6. The molecule has 0 saturated carbocycles. The third-order valence-corrected chi connectivity index (χ3v) is 5.73. The molecule has 1 aromatic heterocycles. The largest absolute Gasteiger partial charge is 0.378 e. The molecule has 3 aromatic rings. The van der Waals surface area contributed by atoms with Gasteiger partial charge in [-0.1, -0.05) is 61.4 Å². The second-order valence-corrected chi connectivity index (χ2v) is 8.68. The van der Waals surface area contributed by atoms with Crippen LogP contribution >= 0.6 is 0 Å². The fraction of sp³-hybridized carbons (Fsp3) is 0.357. The molecule has 0 unspecified atom stereocenters. The Kier molecular flexibility index (Phi) is 10.2. The molecule has 0 atom stereocenters. The van der Waals surface area contributed by atoms with Gasteiger partial charge in [-0.2, -0.15) is 0 Å². The number of benzene rings is 2. The number of pyridine rings is 1. The molecule has 2 aromatic carbocycles. The lowest BCUT2D eigenvalue weighted by Gasteiger charge is -2.24. The Morgan fingerprint density at radius 2 is 1.56 bits per heavy atom. The highest BCUT2D eigenvalue weighted by molar-refractivity contribution is 5.74. The molecule has 0 bridgehead atoms. The maximum atomic E-state index is 13.0. The number of hydrogen-bond donors (Lipinski definition) is 2. The van der Waals surface area contributed by atoms with E-state index in [0.29, 0.717) is 13.1 Å². The van der Waals surface area contributed by atoms with E-state index in [9.17, 15) is 4.79 Å². The number of nitrogens with zero attached hydrogens (tertiary/aromatic N) is 3. The Morgan fingerprint density at radius 3 is 2.26 bits per heavy atom. The summed E-state index contributed by atoms with van der Waals surface area (Å²) in [6, 6.07) is 24.3. The summed E-state index contributed by atoms with van der Waals surface area (Å²) in [5, 5.41) is 6.44. The van der Waals surface area contributed by atoms with Gasteiger partial charge in [0, 0.05) is 52.2 Å². The number of urea groups is 1. The maximum Gasteiger partial charge on any atom is 0.317 e. The summed E-state index contributed by atoms with van der Waals surface area (Å²) in [7, 11) is 4.06. The SMILES string of the molecule is CN(C)c1ccc(CN(CCCCCCNc2ccccn2)C(=O)NCc2ccccc2)cc1. The van der Waals surface area contributed by atoms with Crippen LogP contribution in [0, 0.1) is 0 Å². The van der Waals surface area contributed by atoms with Crippen LogP contribution in [0.5, 0.6) is 0 Å². The van der Waals surface area contributed by atoms with E-state index in [-0.39, 0.29) is 6.03 Å². The molecule has 1 heterocycles. The summed E-state index contributed by atoms with van der Waals surface area (Å²) in [6.07, 6.45) is 6.08. The number of carbonyl (C=O) groups excluding carboxylic acids is 1. The number of anilines is 2. The zero-order chi connectivity index (χ0) is 24.0. The van der Waals surface area contributed by atoms with Crippen molar-refractivity contribution in [2.75, 3.05) is 37.4 Å². The molecule has 34 heavy (non-hydrogen) atoms.